The van der Waals surface area contributed by atoms with E-state index >= 15 is 0 Å². The van der Waals surface area contributed by atoms with Crippen LogP contribution in [0.3, 0.4) is 0 Å². The molecule has 0 nitrogen and oxygen atoms in total. The largest absolute Gasteiger partial charge is 0.127 e. The molecule has 0 aliphatic carbocycles. The lowest BCUT2D eigenvalue weighted by atomic mass is 10.9. The lowest BCUT2D eigenvalue weighted by Gasteiger charge is -2.27. The van der Waals surface area contributed by atoms with E-state index < -0.39 is 6.69 Å². The topological polar surface area (TPSA) is 0 Å². The minimum atomic E-state index is -0.785. The van der Waals surface area contributed by atoms with Crippen LogP contribution in [0.2, 0.25) is 37.3 Å². The molecule has 0 atom stereocenters. The maximum absolute atomic E-state index is 3.88. The zero-order valence-electron chi connectivity index (χ0n) is 6.28. The monoisotopic (exact) mass is 222 g/mol. The van der Waals surface area contributed by atoms with Crippen molar-refractivity contribution < 1.29 is 0 Å². The van der Waals surface area contributed by atoms with Crippen LogP contribution in [-0.2, 0) is 0 Å². The van der Waals surface area contributed by atoms with Gasteiger partial charge in [-0.05, 0) is 0 Å². The van der Waals surface area contributed by atoms with Crippen molar-refractivity contribution in [2.75, 3.05) is 0 Å². The summed E-state index contributed by atoms with van der Waals surface area (Å²) in [5, 5.41) is 0. The van der Waals surface area contributed by atoms with E-state index in [9.17, 15) is 0 Å². The van der Waals surface area contributed by atoms with E-state index in [0.29, 0.717) is 0 Å². The molecule has 0 aromatic rings. The van der Waals surface area contributed by atoms with Crippen LogP contribution >= 0.6 is 15.3 Å². The molecule has 0 aromatic carbocycles. The van der Waals surface area contributed by atoms with Gasteiger partial charge in [-0.15, -0.1) is 15.3 Å². The summed E-state index contributed by atoms with van der Waals surface area (Å²) < 4.78 is 0. The van der Waals surface area contributed by atoms with Gasteiger partial charge in [-0.3, -0.25) is 0 Å². The molecule has 9 heavy (non-hydrogen) atoms. The molecule has 0 N–H and O–H groups in total. The third-order valence-electron chi connectivity index (χ3n) is 2.32. The van der Waals surface area contributed by atoms with Crippen molar-refractivity contribution in [1.82, 2.24) is 0 Å². The Bertz CT molecular complexity index is 93.2. The molecule has 1 aliphatic rings. The highest BCUT2D eigenvalue weighted by Gasteiger charge is 2.28. The number of rotatable bonds is 0. The van der Waals surface area contributed by atoms with E-state index in [0.717, 1.165) is 0 Å². The van der Waals surface area contributed by atoms with Crippen LogP contribution in [-0.4, -0.2) is 15.5 Å². The Hall–Kier alpha value is 0.914. The average molecular weight is 223 g/mol. The SMILES string of the molecule is C[SiH]1CC[Si](C)(Br)CC1. The van der Waals surface area contributed by atoms with Gasteiger partial charge in [-0.1, -0.05) is 37.3 Å². The molecule has 1 fully saturated rings. The Morgan fingerprint density at radius 2 is 1.78 bits per heavy atom. The third-order valence-corrected chi connectivity index (χ3v) is 11.1. The van der Waals surface area contributed by atoms with Gasteiger partial charge in [-0.25, -0.2) is 0 Å². The van der Waals surface area contributed by atoms with Crippen LogP contribution in [0.1, 0.15) is 0 Å². The summed E-state index contributed by atoms with van der Waals surface area (Å²) in [4.78, 5) is 0. The van der Waals surface area contributed by atoms with Crippen LogP contribution in [0.4, 0.5) is 0 Å². The second-order valence-corrected chi connectivity index (χ2v) is 16.5. The molecule has 0 saturated carbocycles. The summed E-state index contributed by atoms with van der Waals surface area (Å²) in [6.45, 7) is 4.19. The van der Waals surface area contributed by atoms with Crippen molar-refractivity contribution >= 4 is 30.8 Å². The third kappa shape index (κ3) is 2.55. The molecule has 1 heterocycles. The molecule has 0 unspecified atom stereocenters. The average Bonchev–Trinajstić information content (AvgIpc) is 1.78. The van der Waals surface area contributed by atoms with Crippen LogP contribution < -0.4 is 0 Å². The van der Waals surface area contributed by atoms with Gasteiger partial charge in [0.2, 0.25) is 0 Å². The molecule has 0 bridgehead atoms. The van der Waals surface area contributed by atoms with Gasteiger partial charge >= 0.3 is 0 Å². The van der Waals surface area contributed by atoms with E-state index in [4.69, 9.17) is 0 Å². The Morgan fingerprint density at radius 1 is 1.33 bits per heavy atom. The molecule has 1 aliphatic heterocycles. The van der Waals surface area contributed by atoms with Crippen LogP contribution in [0.5, 0.6) is 0 Å². The highest BCUT2D eigenvalue weighted by molar-refractivity contribution is 9.26. The van der Waals surface area contributed by atoms with Crippen LogP contribution in [0.15, 0.2) is 0 Å². The van der Waals surface area contributed by atoms with Crippen molar-refractivity contribution in [2.24, 2.45) is 0 Å². The summed E-state index contributed by atoms with van der Waals surface area (Å²) in [7, 11) is -0.172. The molecule has 3 heteroatoms. The molecule has 1 saturated heterocycles. The van der Waals surface area contributed by atoms with Gasteiger partial charge < -0.3 is 0 Å². The predicted molar refractivity (Wildman–Crippen MR) is 52.8 cm³/mol. The van der Waals surface area contributed by atoms with E-state index in [-0.39, 0.29) is 8.80 Å². The highest BCUT2D eigenvalue weighted by atomic mass is 79.9. The van der Waals surface area contributed by atoms with Crippen molar-refractivity contribution in [1.29, 1.82) is 0 Å². The smallest absolute Gasteiger partial charge is 0.126 e. The maximum atomic E-state index is 3.88. The molecule has 54 valence electrons. The van der Waals surface area contributed by atoms with Gasteiger partial charge in [0.15, 0.2) is 0 Å². The minimum absolute atomic E-state index is 0.172. The van der Waals surface area contributed by atoms with E-state index in [1.165, 1.54) is 0 Å². The van der Waals surface area contributed by atoms with Gasteiger partial charge in [0.1, 0.15) is 6.69 Å². The highest BCUT2D eigenvalue weighted by Crippen LogP contribution is 2.33. The van der Waals surface area contributed by atoms with E-state index in [2.05, 4.69) is 28.4 Å². The fourth-order valence-corrected chi connectivity index (χ4v) is 14.8. The second kappa shape index (κ2) is 2.88. The molecular weight excluding hydrogens is 208 g/mol. The maximum Gasteiger partial charge on any atom is 0.126 e. The summed E-state index contributed by atoms with van der Waals surface area (Å²) in [5.41, 5.74) is 0. The summed E-state index contributed by atoms with van der Waals surface area (Å²) in [6.07, 6.45) is 0. The standard InChI is InChI=1S/C6H15BrSi2/c1-8-3-5-9(2,7)6-4-8/h8H,3-6H2,1-2H3. The molecule has 0 radical (unpaired) electrons. The fourth-order valence-electron chi connectivity index (χ4n) is 1.36. The molecular formula is C6H15BrSi2. The van der Waals surface area contributed by atoms with Crippen molar-refractivity contribution in [3.63, 3.8) is 0 Å². The summed E-state index contributed by atoms with van der Waals surface area (Å²) in [6, 6.07) is 6.32. The first-order chi connectivity index (χ1) is 4.10. The van der Waals surface area contributed by atoms with Gasteiger partial charge in [0.05, 0.1) is 0 Å². The number of halogens is 1. The van der Waals surface area contributed by atoms with Crippen molar-refractivity contribution in [2.45, 2.75) is 37.3 Å². The van der Waals surface area contributed by atoms with E-state index in [1.807, 2.05) is 0 Å². The minimum Gasteiger partial charge on any atom is -0.127 e. The lowest BCUT2D eigenvalue weighted by Crippen LogP contribution is -2.29. The van der Waals surface area contributed by atoms with Gasteiger partial charge in [-0.2, -0.15) is 0 Å². The predicted octanol–water partition coefficient (Wildman–Crippen LogP) is 2.83. The Kier molecular flexibility index (Phi) is 2.57. The number of hydrogen-bond donors (Lipinski definition) is 0. The first-order valence-electron chi connectivity index (χ1n) is 3.79. The summed E-state index contributed by atoms with van der Waals surface area (Å²) >= 11 is 3.88. The van der Waals surface area contributed by atoms with Crippen molar-refractivity contribution in [3.8, 4) is 0 Å². The second-order valence-electron chi connectivity index (χ2n) is 3.60. The van der Waals surface area contributed by atoms with E-state index in [1.54, 1.807) is 24.2 Å². The molecule has 0 aromatic heterocycles. The lowest BCUT2D eigenvalue weighted by molar-refractivity contribution is 1.18. The molecule has 1 rings (SSSR count). The Balaban J connectivity index is 2.35. The normalized spacial score (nSPS) is 45.0. The van der Waals surface area contributed by atoms with Gasteiger partial charge in [0.25, 0.3) is 0 Å². The van der Waals surface area contributed by atoms with Gasteiger partial charge in [0, 0.05) is 8.80 Å². The Labute approximate surface area is 68.2 Å². The number of hydrogen-bond acceptors (Lipinski definition) is 0. The zero-order valence-corrected chi connectivity index (χ0v) is 10.0. The van der Waals surface area contributed by atoms with Crippen LogP contribution in [0.25, 0.3) is 0 Å². The first kappa shape index (κ1) is 8.01. The molecule has 0 spiro atoms. The van der Waals surface area contributed by atoms with Crippen molar-refractivity contribution in [3.05, 3.63) is 0 Å². The summed E-state index contributed by atoms with van der Waals surface area (Å²) in [5.74, 6) is 0. The zero-order chi connectivity index (χ0) is 6.91. The Morgan fingerprint density at radius 3 is 2.11 bits per heavy atom. The molecule has 0 amide bonds. The fraction of sp³-hybridized carbons (Fsp3) is 1.00. The first-order valence-corrected chi connectivity index (χ1v) is 11.7. The quantitative estimate of drug-likeness (QED) is 0.437. The van der Waals surface area contributed by atoms with Crippen LogP contribution in [0, 0.1) is 0 Å².